The highest BCUT2D eigenvalue weighted by atomic mass is 16.3. The first-order valence-corrected chi connectivity index (χ1v) is 12.9. The number of anilines is 3. The van der Waals surface area contributed by atoms with E-state index in [2.05, 4.69) is 52.1 Å². The number of piperidine rings is 1. The number of aryl methyl sites for hydroxylation is 1. The van der Waals surface area contributed by atoms with Gasteiger partial charge in [-0.3, -0.25) is 4.79 Å². The summed E-state index contributed by atoms with van der Waals surface area (Å²) >= 11 is 0. The van der Waals surface area contributed by atoms with Crippen molar-refractivity contribution < 1.29 is 9.90 Å². The van der Waals surface area contributed by atoms with E-state index in [4.69, 9.17) is 0 Å². The molecule has 0 spiro atoms. The number of rotatable bonds is 6. The van der Waals surface area contributed by atoms with Crippen molar-refractivity contribution in [1.82, 2.24) is 14.9 Å². The van der Waals surface area contributed by atoms with Crippen LogP contribution in [0, 0.1) is 6.92 Å². The lowest BCUT2D eigenvalue weighted by molar-refractivity contribution is -0.136. The highest BCUT2D eigenvalue weighted by molar-refractivity contribution is 5.86. The zero-order valence-electron chi connectivity index (χ0n) is 21.2. The molecule has 2 aliphatic heterocycles. The van der Waals surface area contributed by atoms with Gasteiger partial charge < -0.3 is 19.8 Å². The minimum absolute atomic E-state index is 0.140. The summed E-state index contributed by atoms with van der Waals surface area (Å²) in [6.07, 6.45) is 5.18. The first kappa shape index (κ1) is 24.3. The number of hydrogen-bond donors (Lipinski definition) is 1. The summed E-state index contributed by atoms with van der Waals surface area (Å²) in [5.74, 6) is 1.72. The van der Waals surface area contributed by atoms with Crippen LogP contribution in [0.5, 0.6) is 0 Å². The molecular weight excluding hydrogens is 450 g/mol. The average molecular weight is 486 g/mol. The molecule has 2 aromatic carbocycles. The van der Waals surface area contributed by atoms with E-state index in [1.807, 2.05) is 47.2 Å². The first-order valence-electron chi connectivity index (χ1n) is 12.9. The Bertz CT molecular complexity index is 1190. The molecule has 1 atom stereocenters. The minimum atomic E-state index is -0.755. The molecule has 7 nitrogen and oxygen atoms in total. The van der Waals surface area contributed by atoms with Crippen LogP contribution in [0.4, 0.5) is 17.3 Å². The van der Waals surface area contributed by atoms with Crippen molar-refractivity contribution in [3.05, 3.63) is 78.1 Å². The molecule has 0 saturated carbocycles. The van der Waals surface area contributed by atoms with Gasteiger partial charge in [-0.25, -0.2) is 9.97 Å². The second-order valence-corrected chi connectivity index (χ2v) is 10.2. The van der Waals surface area contributed by atoms with E-state index in [1.165, 1.54) is 5.56 Å². The molecule has 1 unspecified atom stereocenters. The summed E-state index contributed by atoms with van der Waals surface area (Å²) in [6, 6.07) is 20.2. The van der Waals surface area contributed by atoms with Crippen LogP contribution in [0.25, 0.3) is 0 Å². The van der Waals surface area contributed by atoms with E-state index in [1.54, 1.807) is 6.33 Å². The third-order valence-corrected chi connectivity index (χ3v) is 7.58. The van der Waals surface area contributed by atoms with Crippen LogP contribution in [0.1, 0.15) is 36.8 Å². The maximum atomic E-state index is 13.6. The van der Waals surface area contributed by atoms with Crippen LogP contribution < -0.4 is 9.80 Å². The van der Waals surface area contributed by atoms with Gasteiger partial charge in [-0.15, -0.1) is 0 Å². The molecule has 188 valence electrons. The fourth-order valence-electron chi connectivity index (χ4n) is 5.45. The zero-order valence-corrected chi connectivity index (χ0v) is 21.2. The predicted octanol–water partition coefficient (Wildman–Crippen LogP) is 4.12. The lowest BCUT2D eigenvalue weighted by Crippen LogP contribution is -2.52. The molecule has 1 N–H and O–H groups in total. The standard InChI is InChI=1S/C29H35N5O2/c1-22-8-6-11-24(18-22)32(2)26-19-27(31-21-30-26)34-15-7-12-25(34)28(35)33-16-13-29(36,14-17-33)20-23-9-4-3-5-10-23/h3-6,8-11,18-19,21,25,36H,7,12-17,20H2,1-2H3. The molecule has 2 saturated heterocycles. The molecule has 5 rings (SSSR count). The Morgan fingerprint density at radius 3 is 2.58 bits per heavy atom. The van der Waals surface area contributed by atoms with E-state index in [9.17, 15) is 9.90 Å². The predicted molar refractivity (Wildman–Crippen MR) is 143 cm³/mol. The number of aliphatic hydroxyl groups is 1. The molecule has 2 fully saturated rings. The summed E-state index contributed by atoms with van der Waals surface area (Å²) in [5, 5.41) is 11.1. The van der Waals surface area contributed by atoms with Gasteiger partial charge in [0.25, 0.3) is 0 Å². The third kappa shape index (κ3) is 5.21. The van der Waals surface area contributed by atoms with Crippen LogP contribution >= 0.6 is 0 Å². The fraction of sp³-hybridized carbons (Fsp3) is 0.414. The van der Waals surface area contributed by atoms with Crippen LogP contribution in [0.3, 0.4) is 0 Å². The van der Waals surface area contributed by atoms with Crippen molar-refractivity contribution in [3.63, 3.8) is 0 Å². The maximum Gasteiger partial charge on any atom is 0.245 e. The summed E-state index contributed by atoms with van der Waals surface area (Å²) in [6.45, 7) is 4.04. The topological polar surface area (TPSA) is 72.8 Å². The monoisotopic (exact) mass is 485 g/mol. The number of nitrogens with zero attached hydrogens (tertiary/aromatic N) is 5. The first-order chi connectivity index (χ1) is 17.4. The summed E-state index contributed by atoms with van der Waals surface area (Å²) in [5.41, 5.74) is 2.63. The number of carbonyl (C=O) groups is 1. The van der Waals surface area contributed by atoms with Crippen molar-refractivity contribution >= 4 is 23.2 Å². The van der Waals surface area contributed by atoms with Gasteiger partial charge in [-0.1, -0.05) is 42.5 Å². The zero-order chi connectivity index (χ0) is 25.1. The second kappa shape index (κ2) is 10.3. The van der Waals surface area contributed by atoms with Gasteiger partial charge in [0.15, 0.2) is 0 Å². The SMILES string of the molecule is Cc1cccc(N(C)c2cc(N3CCCC3C(=O)N3CCC(O)(Cc4ccccc4)CC3)ncn2)c1. The molecule has 3 aromatic rings. The van der Waals surface area contributed by atoms with Gasteiger partial charge in [-0.2, -0.15) is 0 Å². The number of likely N-dealkylation sites (tertiary alicyclic amines) is 1. The Balaban J connectivity index is 1.26. The van der Waals surface area contributed by atoms with Gasteiger partial charge >= 0.3 is 0 Å². The van der Waals surface area contributed by atoms with Crippen molar-refractivity contribution in [2.75, 3.05) is 36.5 Å². The van der Waals surface area contributed by atoms with E-state index in [0.29, 0.717) is 32.4 Å². The quantitative estimate of drug-likeness (QED) is 0.566. The highest BCUT2D eigenvalue weighted by Gasteiger charge is 2.39. The molecule has 3 heterocycles. The second-order valence-electron chi connectivity index (χ2n) is 10.2. The number of hydrogen-bond acceptors (Lipinski definition) is 6. The van der Waals surface area contributed by atoms with Crippen LogP contribution in [0.2, 0.25) is 0 Å². The number of benzene rings is 2. The molecule has 36 heavy (non-hydrogen) atoms. The van der Waals surface area contributed by atoms with Crippen molar-refractivity contribution in [2.24, 2.45) is 0 Å². The molecule has 0 aliphatic carbocycles. The number of aromatic nitrogens is 2. The Labute approximate surface area is 213 Å². The van der Waals surface area contributed by atoms with E-state index < -0.39 is 5.60 Å². The molecule has 0 radical (unpaired) electrons. The van der Waals surface area contributed by atoms with E-state index in [-0.39, 0.29) is 11.9 Å². The van der Waals surface area contributed by atoms with Crippen molar-refractivity contribution in [2.45, 2.75) is 50.7 Å². The summed E-state index contributed by atoms with van der Waals surface area (Å²) in [4.78, 5) is 28.7. The molecule has 1 aromatic heterocycles. The summed E-state index contributed by atoms with van der Waals surface area (Å²) in [7, 11) is 2.00. The molecule has 2 aliphatic rings. The van der Waals surface area contributed by atoms with Gasteiger partial charge in [0.05, 0.1) is 5.60 Å². The Kier molecular flexibility index (Phi) is 6.92. The third-order valence-electron chi connectivity index (χ3n) is 7.58. The highest BCUT2D eigenvalue weighted by Crippen LogP contribution is 2.31. The fourth-order valence-corrected chi connectivity index (χ4v) is 5.45. The Hall–Kier alpha value is -3.45. The van der Waals surface area contributed by atoms with Gasteiger partial charge in [-0.05, 0) is 55.9 Å². The lowest BCUT2D eigenvalue weighted by Gasteiger charge is -2.40. The van der Waals surface area contributed by atoms with E-state index in [0.717, 1.165) is 42.3 Å². The smallest absolute Gasteiger partial charge is 0.245 e. The van der Waals surface area contributed by atoms with Crippen LogP contribution in [0.15, 0.2) is 67.0 Å². The van der Waals surface area contributed by atoms with Crippen LogP contribution in [-0.2, 0) is 11.2 Å². The van der Waals surface area contributed by atoms with Gasteiger partial charge in [0, 0.05) is 44.9 Å². The van der Waals surface area contributed by atoms with Crippen molar-refractivity contribution in [3.8, 4) is 0 Å². The Morgan fingerprint density at radius 2 is 1.83 bits per heavy atom. The molecule has 1 amide bonds. The maximum absolute atomic E-state index is 13.6. The molecule has 0 bridgehead atoms. The largest absolute Gasteiger partial charge is 0.389 e. The lowest BCUT2D eigenvalue weighted by atomic mass is 9.85. The molecule has 7 heteroatoms. The van der Waals surface area contributed by atoms with Gasteiger partial charge in [0.2, 0.25) is 5.91 Å². The normalized spacial score (nSPS) is 19.4. The Morgan fingerprint density at radius 1 is 1.06 bits per heavy atom. The molecular formula is C29H35N5O2. The van der Waals surface area contributed by atoms with Crippen molar-refractivity contribution in [1.29, 1.82) is 0 Å². The van der Waals surface area contributed by atoms with E-state index >= 15 is 0 Å². The number of carbonyl (C=O) groups excluding carboxylic acids is 1. The average Bonchev–Trinajstić information content (AvgIpc) is 3.39. The van der Waals surface area contributed by atoms with Crippen LogP contribution in [-0.4, -0.2) is 64.2 Å². The minimum Gasteiger partial charge on any atom is -0.389 e. The number of amides is 1. The van der Waals surface area contributed by atoms with Gasteiger partial charge in [0.1, 0.15) is 24.0 Å². The summed E-state index contributed by atoms with van der Waals surface area (Å²) < 4.78 is 0.